The van der Waals surface area contributed by atoms with E-state index in [0.29, 0.717) is 12.8 Å². The molecule has 0 saturated heterocycles. The van der Waals surface area contributed by atoms with Gasteiger partial charge in [-0.2, -0.15) is 0 Å². The van der Waals surface area contributed by atoms with E-state index in [4.69, 9.17) is 5.11 Å². The molecule has 0 saturated carbocycles. The molecule has 2 atom stereocenters. The van der Waals surface area contributed by atoms with Crippen LogP contribution in [0.2, 0.25) is 4.71 Å². The normalized spacial score (nSPS) is 12.5. The van der Waals surface area contributed by atoms with E-state index in [1.807, 2.05) is 0 Å². The molecule has 0 aliphatic rings. The minimum atomic E-state index is -0.867. The number of nitro groups is 1. The van der Waals surface area contributed by atoms with Crippen molar-refractivity contribution in [2.75, 3.05) is 6.54 Å². The van der Waals surface area contributed by atoms with E-state index >= 15 is 0 Å². The summed E-state index contributed by atoms with van der Waals surface area (Å²) >= 11 is 1.10. The average molecular weight is 223 g/mol. The fourth-order valence-corrected chi connectivity index (χ4v) is 1.06. The first kappa shape index (κ1) is 10.4. The summed E-state index contributed by atoms with van der Waals surface area (Å²) in [6.07, 6.45) is 0.749. The fraction of sp³-hybridized carbons (Fsp3) is 0.800. The number of rotatable bonds is 5. The Kier molecular flexibility index (Phi) is 4.86. The van der Waals surface area contributed by atoms with E-state index in [9.17, 15) is 14.9 Å². The molecule has 2 unspecified atom stereocenters. The first-order valence-corrected chi connectivity index (χ1v) is 4.54. The molecule has 0 amide bonds. The number of carboxylic acid groups (broad SMARTS) is 1. The fourth-order valence-electron chi connectivity index (χ4n) is 0.564. The van der Waals surface area contributed by atoms with Crippen LogP contribution in [-0.4, -0.2) is 39.4 Å². The van der Waals surface area contributed by atoms with E-state index in [2.05, 4.69) is 0 Å². The van der Waals surface area contributed by atoms with Crippen molar-refractivity contribution in [3.63, 3.8) is 0 Å². The van der Waals surface area contributed by atoms with Crippen LogP contribution in [0.5, 0.6) is 0 Å². The summed E-state index contributed by atoms with van der Waals surface area (Å²) < 4.78 is -0.414. The summed E-state index contributed by atoms with van der Waals surface area (Å²) in [7, 11) is 0. The number of hydrogen-bond acceptors (Lipinski definition) is 3. The van der Waals surface area contributed by atoms with Gasteiger partial charge in [-0.25, -0.2) is 0 Å². The van der Waals surface area contributed by atoms with E-state index in [-0.39, 0.29) is 6.54 Å². The molecule has 0 rings (SSSR count). The monoisotopic (exact) mass is 223 g/mol. The van der Waals surface area contributed by atoms with Crippen LogP contribution < -0.4 is 0 Å². The second kappa shape index (κ2) is 5.13. The maximum absolute atomic E-state index is 10.2. The van der Waals surface area contributed by atoms with Crippen molar-refractivity contribution in [1.29, 1.82) is 0 Å². The van der Waals surface area contributed by atoms with Gasteiger partial charge in [0.05, 0.1) is 0 Å². The Morgan fingerprint density at radius 3 is 2.64 bits per heavy atom. The van der Waals surface area contributed by atoms with Crippen molar-refractivity contribution < 1.29 is 14.8 Å². The van der Waals surface area contributed by atoms with Crippen LogP contribution in [0, 0.1) is 10.1 Å². The second-order valence-corrected chi connectivity index (χ2v) is 3.83. The van der Waals surface area contributed by atoms with Gasteiger partial charge in [-0.05, 0) is 0 Å². The summed E-state index contributed by atoms with van der Waals surface area (Å²) in [5.74, 6) is -0.867. The minimum absolute atomic E-state index is 0.131. The Labute approximate surface area is 72.4 Å². The van der Waals surface area contributed by atoms with E-state index in [0.717, 1.165) is 16.9 Å². The predicted octanol–water partition coefficient (Wildman–Crippen LogP) is -0.450. The quantitative estimate of drug-likeness (QED) is 0.389. The van der Waals surface area contributed by atoms with Gasteiger partial charge in [0, 0.05) is 0 Å². The van der Waals surface area contributed by atoms with Crippen molar-refractivity contribution in [3.05, 3.63) is 10.1 Å². The van der Waals surface area contributed by atoms with Crippen molar-refractivity contribution in [1.82, 2.24) is 0 Å². The van der Waals surface area contributed by atoms with Crippen LogP contribution in [0.25, 0.3) is 0 Å². The van der Waals surface area contributed by atoms with Gasteiger partial charge >= 0.3 is 71.9 Å². The summed E-state index contributed by atoms with van der Waals surface area (Å²) in [6.45, 7) is -0.131. The van der Waals surface area contributed by atoms with Gasteiger partial charge in [-0.3, -0.25) is 0 Å². The van der Waals surface area contributed by atoms with E-state index < -0.39 is 15.6 Å². The second-order valence-electron chi connectivity index (χ2n) is 2.14. The number of nitrogens with zero attached hydrogens (tertiary/aromatic N) is 1. The van der Waals surface area contributed by atoms with Crippen molar-refractivity contribution >= 4 is 22.8 Å². The van der Waals surface area contributed by atoms with Gasteiger partial charge in [0.25, 0.3) is 0 Å². The molecule has 64 valence electrons. The van der Waals surface area contributed by atoms with E-state index in [1.165, 1.54) is 0 Å². The molecular formula is C5H10AsNO4. The third kappa shape index (κ3) is 5.85. The molecule has 6 heteroatoms. The molecule has 0 aromatic heterocycles. The first-order valence-electron chi connectivity index (χ1n) is 3.14. The Bertz CT molecular complexity index is 161. The Hall–Kier alpha value is -0.572. The SMILES string of the molecule is O=C(O)C([AsH2])CCC[N+](=O)[O-]. The van der Waals surface area contributed by atoms with Crippen LogP contribution in [-0.2, 0) is 4.79 Å². The number of carbonyl (C=O) groups is 1. The molecule has 0 aromatic carbocycles. The molecule has 1 N–H and O–H groups in total. The summed E-state index contributed by atoms with van der Waals surface area (Å²) in [5, 5.41) is 18.2. The van der Waals surface area contributed by atoms with Crippen LogP contribution >= 0.6 is 0 Å². The van der Waals surface area contributed by atoms with Crippen molar-refractivity contribution in [3.8, 4) is 0 Å². The van der Waals surface area contributed by atoms with Gasteiger partial charge in [0.2, 0.25) is 0 Å². The van der Waals surface area contributed by atoms with Crippen molar-refractivity contribution in [2.24, 2.45) is 0 Å². The predicted molar refractivity (Wildman–Crippen MR) is 41.0 cm³/mol. The molecular weight excluding hydrogens is 213 g/mol. The molecule has 11 heavy (non-hydrogen) atoms. The maximum atomic E-state index is 10.2. The van der Waals surface area contributed by atoms with Crippen LogP contribution in [0.15, 0.2) is 0 Å². The zero-order chi connectivity index (χ0) is 8.85. The van der Waals surface area contributed by atoms with Gasteiger partial charge in [-0.1, -0.05) is 0 Å². The molecule has 5 nitrogen and oxygen atoms in total. The summed E-state index contributed by atoms with van der Waals surface area (Å²) in [5.41, 5.74) is 0. The number of hydrogen-bond donors (Lipinski definition) is 1. The molecule has 0 aliphatic carbocycles. The zero-order valence-corrected chi connectivity index (χ0v) is 8.32. The Morgan fingerprint density at radius 2 is 2.27 bits per heavy atom. The zero-order valence-electron chi connectivity index (χ0n) is 5.90. The Balaban J connectivity index is 3.39. The molecule has 0 aromatic rings. The molecule has 0 aliphatic heterocycles. The standard InChI is InChI=1S/C5H10AsNO4/c6-4(5(8)9)2-1-3-7(10)11/h4H,1-3,6H2,(H,8,9). The van der Waals surface area contributed by atoms with Gasteiger partial charge in [-0.15, -0.1) is 0 Å². The molecule has 0 spiro atoms. The third-order valence-electron chi connectivity index (χ3n) is 1.17. The topological polar surface area (TPSA) is 80.4 Å². The molecule has 0 fully saturated rings. The summed E-state index contributed by atoms with van der Waals surface area (Å²) in [6, 6.07) is 0. The third-order valence-corrected chi connectivity index (χ3v) is 2.47. The van der Waals surface area contributed by atoms with Crippen LogP contribution in [0.4, 0.5) is 0 Å². The van der Waals surface area contributed by atoms with Crippen LogP contribution in [0.1, 0.15) is 12.8 Å². The van der Waals surface area contributed by atoms with E-state index in [1.54, 1.807) is 0 Å². The number of carboxylic acids is 1. The summed E-state index contributed by atoms with van der Waals surface area (Å²) in [4.78, 5) is 19.6. The van der Waals surface area contributed by atoms with Gasteiger partial charge in [0.1, 0.15) is 0 Å². The van der Waals surface area contributed by atoms with Crippen LogP contribution in [0.3, 0.4) is 0 Å². The average Bonchev–Trinajstić information content (AvgIpc) is 1.86. The first-order chi connectivity index (χ1) is 5.04. The van der Waals surface area contributed by atoms with Crippen molar-refractivity contribution in [2.45, 2.75) is 17.5 Å². The number of aliphatic carboxylic acids is 1. The molecule has 0 radical (unpaired) electrons. The molecule has 0 bridgehead atoms. The van der Waals surface area contributed by atoms with Gasteiger partial charge in [0.15, 0.2) is 0 Å². The van der Waals surface area contributed by atoms with Gasteiger partial charge < -0.3 is 0 Å². The molecule has 0 heterocycles. The Morgan fingerprint density at radius 1 is 1.73 bits per heavy atom.